The molecule has 3 amide bonds. The summed E-state index contributed by atoms with van der Waals surface area (Å²) in [6.45, 7) is 1.64. The number of rotatable bonds is 4. The predicted octanol–water partition coefficient (Wildman–Crippen LogP) is 3.24. The normalized spacial score (nSPS) is 15.7. The Morgan fingerprint density at radius 2 is 1.89 bits per heavy atom. The van der Waals surface area contributed by atoms with E-state index in [-0.39, 0.29) is 18.3 Å². The van der Waals surface area contributed by atoms with Crippen molar-refractivity contribution in [2.75, 3.05) is 43.1 Å². The Morgan fingerprint density at radius 3 is 2.68 bits per heavy atom. The Kier molecular flexibility index (Phi) is 5.08. The van der Waals surface area contributed by atoms with E-state index in [0.717, 1.165) is 0 Å². The van der Waals surface area contributed by atoms with E-state index < -0.39 is 11.7 Å². The van der Waals surface area contributed by atoms with Crippen molar-refractivity contribution in [3.8, 4) is 11.5 Å². The van der Waals surface area contributed by atoms with E-state index in [1.807, 2.05) is 0 Å². The lowest BCUT2D eigenvalue weighted by Gasteiger charge is -2.22. The van der Waals surface area contributed by atoms with Gasteiger partial charge in [0.15, 0.2) is 11.5 Å². The predicted molar refractivity (Wildman–Crippen MR) is 104 cm³/mol. The second-order valence-electron chi connectivity index (χ2n) is 6.36. The average molecular weight is 450 g/mol. The molecule has 0 spiro atoms. The maximum atomic E-state index is 13.9. The largest absolute Gasteiger partial charge is 0.486 e. The van der Waals surface area contributed by atoms with Crippen LogP contribution >= 0.6 is 15.9 Å². The van der Waals surface area contributed by atoms with Gasteiger partial charge in [-0.1, -0.05) is 15.9 Å². The zero-order chi connectivity index (χ0) is 19.7. The summed E-state index contributed by atoms with van der Waals surface area (Å²) in [7, 11) is 0. The maximum absolute atomic E-state index is 13.9. The monoisotopic (exact) mass is 449 g/mol. The summed E-state index contributed by atoms with van der Waals surface area (Å²) in [5, 5.41) is 2.50. The van der Waals surface area contributed by atoms with Crippen LogP contribution in [0.2, 0.25) is 0 Å². The van der Waals surface area contributed by atoms with Crippen LogP contribution in [0.3, 0.4) is 0 Å². The first-order chi connectivity index (χ1) is 13.5. The molecule has 2 heterocycles. The fourth-order valence-electron chi connectivity index (χ4n) is 3.12. The van der Waals surface area contributed by atoms with Gasteiger partial charge in [0.05, 0.1) is 5.69 Å². The number of hydrogen-bond acceptors (Lipinski definition) is 4. The number of benzene rings is 2. The summed E-state index contributed by atoms with van der Waals surface area (Å²) in [6.07, 6.45) is 0. The molecule has 7 nitrogen and oxygen atoms in total. The molecule has 28 heavy (non-hydrogen) atoms. The van der Waals surface area contributed by atoms with Crippen molar-refractivity contribution < 1.29 is 23.5 Å². The summed E-state index contributed by atoms with van der Waals surface area (Å²) in [5.74, 6) is 0.236. The number of carbonyl (C=O) groups is 2. The van der Waals surface area contributed by atoms with Crippen LogP contribution in [-0.4, -0.2) is 49.7 Å². The van der Waals surface area contributed by atoms with Crippen LogP contribution in [0.25, 0.3) is 0 Å². The van der Waals surface area contributed by atoms with E-state index in [2.05, 4.69) is 21.2 Å². The van der Waals surface area contributed by atoms with Crippen molar-refractivity contribution in [1.29, 1.82) is 0 Å². The summed E-state index contributed by atoms with van der Waals surface area (Å²) in [4.78, 5) is 27.9. The highest BCUT2D eigenvalue weighted by atomic mass is 79.9. The first kappa shape index (κ1) is 18.5. The summed E-state index contributed by atoms with van der Waals surface area (Å²) < 4.78 is 25.5. The lowest BCUT2D eigenvalue weighted by atomic mass is 10.2. The topological polar surface area (TPSA) is 71.1 Å². The van der Waals surface area contributed by atoms with Crippen molar-refractivity contribution in [3.05, 3.63) is 46.7 Å². The molecule has 0 saturated carbocycles. The highest BCUT2D eigenvalue weighted by Crippen LogP contribution is 2.35. The molecule has 0 aromatic heterocycles. The molecule has 0 bridgehead atoms. The van der Waals surface area contributed by atoms with Gasteiger partial charge in [-0.25, -0.2) is 9.18 Å². The molecule has 1 N–H and O–H groups in total. The number of carbonyl (C=O) groups excluding carboxylic acids is 2. The molecule has 0 radical (unpaired) electrons. The number of hydrogen-bond donors (Lipinski definition) is 1. The summed E-state index contributed by atoms with van der Waals surface area (Å²) >= 11 is 3.17. The number of anilines is 2. The van der Waals surface area contributed by atoms with Gasteiger partial charge in [0.1, 0.15) is 25.6 Å². The van der Waals surface area contributed by atoms with E-state index in [0.29, 0.717) is 48.0 Å². The number of nitrogens with zero attached hydrogens (tertiary/aromatic N) is 2. The number of fused-ring (bicyclic) bond motifs is 1. The molecule has 0 atom stereocenters. The number of amides is 3. The first-order valence-electron chi connectivity index (χ1n) is 8.72. The Bertz CT molecular complexity index is 939. The van der Waals surface area contributed by atoms with Crippen LogP contribution in [-0.2, 0) is 4.79 Å². The van der Waals surface area contributed by atoms with Gasteiger partial charge in [0, 0.05) is 29.3 Å². The Labute approximate surface area is 169 Å². The van der Waals surface area contributed by atoms with Crippen molar-refractivity contribution >= 4 is 39.2 Å². The quantitative estimate of drug-likeness (QED) is 0.777. The van der Waals surface area contributed by atoms with Gasteiger partial charge in [-0.3, -0.25) is 9.69 Å². The van der Waals surface area contributed by atoms with Crippen LogP contribution in [0.5, 0.6) is 11.5 Å². The molecule has 1 saturated heterocycles. The number of ether oxygens (including phenoxy) is 2. The van der Waals surface area contributed by atoms with Gasteiger partial charge < -0.3 is 19.7 Å². The van der Waals surface area contributed by atoms with Gasteiger partial charge in [0.25, 0.3) is 0 Å². The zero-order valence-corrected chi connectivity index (χ0v) is 16.4. The zero-order valence-electron chi connectivity index (χ0n) is 14.8. The molecule has 0 aliphatic carbocycles. The molecule has 4 rings (SSSR count). The number of urea groups is 1. The lowest BCUT2D eigenvalue weighted by molar-refractivity contribution is -0.116. The Hall–Kier alpha value is -2.81. The molecule has 9 heteroatoms. The Morgan fingerprint density at radius 1 is 1.11 bits per heavy atom. The number of nitrogens with one attached hydrogen (secondary N) is 1. The molecule has 146 valence electrons. The average Bonchev–Trinajstić information content (AvgIpc) is 3.04. The fraction of sp³-hybridized carbons (Fsp3) is 0.263. The van der Waals surface area contributed by atoms with E-state index in [1.165, 1.54) is 17.0 Å². The molecule has 2 aliphatic heterocycles. The minimum atomic E-state index is -0.548. The van der Waals surface area contributed by atoms with Gasteiger partial charge in [-0.15, -0.1) is 0 Å². The third-order valence-electron chi connectivity index (χ3n) is 4.47. The highest BCUT2D eigenvalue weighted by molar-refractivity contribution is 9.10. The maximum Gasteiger partial charge on any atom is 0.325 e. The molecular weight excluding hydrogens is 433 g/mol. The summed E-state index contributed by atoms with van der Waals surface area (Å²) in [6, 6.07) is 9.37. The van der Waals surface area contributed by atoms with Crippen molar-refractivity contribution in [2.45, 2.75) is 0 Å². The van der Waals surface area contributed by atoms with Crippen LogP contribution in [0.15, 0.2) is 40.9 Å². The van der Waals surface area contributed by atoms with E-state index in [9.17, 15) is 14.0 Å². The highest BCUT2D eigenvalue weighted by Gasteiger charge is 2.31. The fourth-order valence-corrected chi connectivity index (χ4v) is 3.46. The van der Waals surface area contributed by atoms with Crippen molar-refractivity contribution in [1.82, 2.24) is 4.90 Å². The molecule has 2 aromatic carbocycles. The van der Waals surface area contributed by atoms with Crippen molar-refractivity contribution in [3.63, 3.8) is 0 Å². The molecule has 1 fully saturated rings. The third kappa shape index (κ3) is 3.75. The molecular formula is C19H17BrFN3O4. The first-order valence-corrected chi connectivity index (χ1v) is 9.51. The molecule has 0 unspecified atom stereocenters. The summed E-state index contributed by atoms with van der Waals surface area (Å²) in [5.41, 5.74) is 0.750. The van der Waals surface area contributed by atoms with E-state index >= 15 is 0 Å². The van der Waals surface area contributed by atoms with Crippen LogP contribution < -0.4 is 19.7 Å². The van der Waals surface area contributed by atoms with Crippen LogP contribution in [0, 0.1) is 5.82 Å². The van der Waals surface area contributed by atoms with Gasteiger partial charge in [-0.2, -0.15) is 0 Å². The number of halogens is 2. The van der Waals surface area contributed by atoms with Crippen molar-refractivity contribution in [2.24, 2.45) is 0 Å². The van der Waals surface area contributed by atoms with Gasteiger partial charge in [-0.05, 0) is 30.3 Å². The second-order valence-corrected chi connectivity index (χ2v) is 7.27. The minimum absolute atomic E-state index is 0.0727. The van der Waals surface area contributed by atoms with Crippen LogP contribution in [0.4, 0.5) is 20.6 Å². The second kappa shape index (κ2) is 7.67. The van der Waals surface area contributed by atoms with Gasteiger partial charge in [0.2, 0.25) is 5.91 Å². The van der Waals surface area contributed by atoms with E-state index in [1.54, 1.807) is 29.2 Å². The smallest absolute Gasteiger partial charge is 0.325 e. The standard InChI is InChI=1S/C19H17BrFN3O4/c20-12-1-3-15(14(21)9-12)22-18(25)11-23-5-6-24(19(23)26)13-2-4-16-17(10-13)28-8-7-27-16/h1-4,9-10H,5-8,11H2,(H,22,25). The SMILES string of the molecule is O=C(CN1CCN(c2ccc3c(c2)OCCO3)C1=O)Nc1ccc(Br)cc1F. The van der Waals surface area contributed by atoms with E-state index in [4.69, 9.17) is 9.47 Å². The molecule has 2 aromatic rings. The molecule has 2 aliphatic rings. The van der Waals surface area contributed by atoms with Gasteiger partial charge >= 0.3 is 6.03 Å². The Balaban J connectivity index is 1.41. The van der Waals surface area contributed by atoms with Crippen LogP contribution in [0.1, 0.15) is 0 Å². The third-order valence-corrected chi connectivity index (χ3v) is 4.97. The minimum Gasteiger partial charge on any atom is -0.486 e. The lowest BCUT2D eigenvalue weighted by Crippen LogP contribution is -2.37.